The number of para-hydroxylation sites is 1. The summed E-state index contributed by atoms with van der Waals surface area (Å²) in [6.45, 7) is 4.00. The number of hydrogen-bond donors (Lipinski definition) is 1. The zero-order chi connectivity index (χ0) is 25.7. The molecule has 0 unspecified atom stereocenters. The van der Waals surface area contributed by atoms with Crippen LogP contribution in [0.4, 0.5) is 5.69 Å². The van der Waals surface area contributed by atoms with Crippen molar-refractivity contribution in [2.45, 2.75) is 13.8 Å². The molecule has 0 saturated heterocycles. The van der Waals surface area contributed by atoms with Gasteiger partial charge in [-0.2, -0.15) is 10.1 Å². The summed E-state index contributed by atoms with van der Waals surface area (Å²) in [6, 6.07) is 18.7. The molecule has 4 aromatic rings. The average molecular weight is 485 g/mol. The normalized spacial score (nSPS) is 13.9. The van der Waals surface area contributed by atoms with Gasteiger partial charge in [0, 0.05) is 5.56 Å². The second kappa shape index (κ2) is 10.6. The highest BCUT2D eigenvalue weighted by Gasteiger charge is 2.33. The van der Waals surface area contributed by atoms with Crippen molar-refractivity contribution >= 4 is 29.4 Å². The van der Waals surface area contributed by atoms with E-state index in [0.29, 0.717) is 34.2 Å². The average Bonchev–Trinajstić information content (AvgIpc) is 3.67. The number of carbonyl (C=O) groups is 2. The Morgan fingerprint density at radius 3 is 2.58 bits per heavy atom. The topological polar surface area (TPSA) is 105 Å². The molecular formula is C28H24N2O6. The molecule has 0 radical (unpaired) electrons. The van der Waals surface area contributed by atoms with Gasteiger partial charge in [-0.25, -0.2) is 4.79 Å². The van der Waals surface area contributed by atoms with E-state index in [1.807, 2.05) is 38.1 Å². The van der Waals surface area contributed by atoms with Crippen LogP contribution in [0.3, 0.4) is 0 Å². The standard InChI is InChI=1S/C26H18N2O6.C2H6/c1-32-22-8-3-2-7-20(22)23-10-9-19(34-23)14-21-24(17-11-12-33-15-17)27-28(25(21)29)18-6-4-5-16(13-18)26(30)31;1-2/h2-15H,1H3,(H,30,31);1-2H3/b21-14-;. The van der Waals surface area contributed by atoms with E-state index in [-0.39, 0.29) is 11.1 Å². The van der Waals surface area contributed by atoms with Crippen molar-refractivity contribution in [3.05, 3.63) is 102 Å². The molecule has 182 valence electrons. The Balaban J connectivity index is 0.00000148. The van der Waals surface area contributed by atoms with Crippen molar-refractivity contribution in [2.24, 2.45) is 5.10 Å². The number of furan rings is 2. The molecule has 0 atom stereocenters. The first kappa shape index (κ1) is 24.3. The summed E-state index contributed by atoms with van der Waals surface area (Å²) in [7, 11) is 1.59. The lowest BCUT2D eigenvalue weighted by molar-refractivity contribution is -0.114. The van der Waals surface area contributed by atoms with E-state index in [4.69, 9.17) is 13.6 Å². The van der Waals surface area contributed by atoms with Crippen LogP contribution in [0.1, 0.15) is 35.5 Å². The summed E-state index contributed by atoms with van der Waals surface area (Å²) >= 11 is 0. The summed E-state index contributed by atoms with van der Waals surface area (Å²) < 4.78 is 16.6. The number of carbonyl (C=O) groups excluding carboxylic acids is 1. The second-order valence-corrected chi connectivity index (χ2v) is 7.39. The maximum atomic E-state index is 13.4. The highest BCUT2D eigenvalue weighted by atomic mass is 16.5. The van der Waals surface area contributed by atoms with Crippen LogP contribution in [-0.2, 0) is 4.79 Å². The monoisotopic (exact) mass is 484 g/mol. The molecule has 36 heavy (non-hydrogen) atoms. The van der Waals surface area contributed by atoms with Crippen molar-refractivity contribution < 1.29 is 28.3 Å². The van der Waals surface area contributed by atoms with E-state index in [1.165, 1.54) is 29.7 Å². The Bertz CT molecular complexity index is 1450. The third-order valence-electron chi connectivity index (χ3n) is 5.30. The van der Waals surface area contributed by atoms with Gasteiger partial charge in [0.05, 0.1) is 42.0 Å². The quantitative estimate of drug-likeness (QED) is 0.331. The van der Waals surface area contributed by atoms with Crippen LogP contribution in [0.15, 0.2) is 98.8 Å². The van der Waals surface area contributed by atoms with E-state index < -0.39 is 11.9 Å². The molecule has 8 nitrogen and oxygen atoms in total. The van der Waals surface area contributed by atoms with Gasteiger partial charge in [-0.05, 0) is 54.6 Å². The number of methoxy groups -OCH3 is 1. The molecule has 1 N–H and O–H groups in total. The number of hydrogen-bond acceptors (Lipinski definition) is 6. The number of amides is 1. The molecule has 5 rings (SSSR count). The smallest absolute Gasteiger partial charge is 0.335 e. The minimum absolute atomic E-state index is 0.0512. The lowest BCUT2D eigenvalue weighted by Crippen LogP contribution is -2.21. The number of nitrogens with zero attached hydrogens (tertiary/aromatic N) is 2. The molecular weight excluding hydrogens is 460 g/mol. The number of aromatic carboxylic acids is 1. The van der Waals surface area contributed by atoms with Crippen molar-refractivity contribution in [3.8, 4) is 17.1 Å². The van der Waals surface area contributed by atoms with Gasteiger partial charge in [0.25, 0.3) is 5.91 Å². The molecule has 1 aliphatic heterocycles. The van der Waals surface area contributed by atoms with Crippen LogP contribution in [0, 0.1) is 0 Å². The minimum atomic E-state index is -1.09. The summed E-state index contributed by atoms with van der Waals surface area (Å²) in [4.78, 5) is 24.8. The van der Waals surface area contributed by atoms with Crippen molar-refractivity contribution in [3.63, 3.8) is 0 Å². The number of hydrazone groups is 1. The molecule has 0 saturated carbocycles. The molecule has 0 spiro atoms. The summed E-state index contributed by atoms with van der Waals surface area (Å²) in [5.74, 6) is 0.180. The van der Waals surface area contributed by atoms with Crippen molar-refractivity contribution in [1.82, 2.24) is 0 Å². The third kappa shape index (κ3) is 4.69. The largest absolute Gasteiger partial charge is 0.496 e. The van der Waals surface area contributed by atoms with Gasteiger partial charge in [-0.3, -0.25) is 4.79 Å². The molecule has 2 aromatic heterocycles. The molecule has 1 aliphatic rings. The van der Waals surface area contributed by atoms with E-state index in [1.54, 1.807) is 43.5 Å². The number of anilines is 1. The lowest BCUT2D eigenvalue weighted by atomic mass is 10.0. The van der Waals surface area contributed by atoms with Crippen LogP contribution < -0.4 is 9.75 Å². The second-order valence-electron chi connectivity index (χ2n) is 7.39. The van der Waals surface area contributed by atoms with Gasteiger partial charge in [0.1, 0.15) is 23.0 Å². The molecule has 0 fully saturated rings. The number of carboxylic acid groups (broad SMARTS) is 1. The fourth-order valence-corrected chi connectivity index (χ4v) is 3.67. The predicted molar refractivity (Wildman–Crippen MR) is 136 cm³/mol. The summed E-state index contributed by atoms with van der Waals surface area (Å²) in [5.41, 5.74) is 2.44. The summed E-state index contributed by atoms with van der Waals surface area (Å²) in [6.07, 6.45) is 4.58. The van der Waals surface area contributed by atoms with Crippen molar-refractivity contribution in [2.75, 3.05) is 12.1 Å². The fraction of sp³-hybridized carbons (Fsp3) is 0.107. The maximum absolute atomic E-state index is 13.4. The van der Waals surface area contributed by atoms with Crippen molar-refractivity contribution in [1.29, 1.82) is 0 Å². The molecule has 1 amide bonds. The first-order valence-electron chi connectivity index (χ1n) is 11.3. The van der Waals surface area contributed by atoms with Gasteiger partial charge in [-0.1, -0.05) is 32.0 Å². The fourth-order valence-electron chi connectivity index (χ4n) is 3.67. The van der Waals surface area contributed by atoms with Crippen LogP contribution in [0.2, 0.25) is 0 Å². The Hall–Kier alpha value is -4.85. The Morgan fingerprint density at radius 2 is 1.86 bits per heavy atom. The van der Waals surface area contributed by atoms with Gasteiger partial charge in [0.2, 0.25) is 0 Å². The highest BCUT2D eigenvalue weighted by Crippen LogP contribution is 2.33. The minimum Gasteiger partial charge on any atom is -0.496 e. The first-order chi connectivity index (χ1) is 17.5. The number of benzene rings is 2. The maximum Gasteiger partial charge on any atom is 0.335 e. The molecule has 2 aromatic carbocycles. The third-order valence-corrected chi connectivity index (χ3v) is 5.30. The Kier molecular flexibility index (Phi) is 7.15. The van der Waals surface area contributed by atoms with E-state index in [2.05, 4.69) is 5.10 Å². The molecule has 8 heteroatoms. The van der Waals surface area contributed by atoms with Crippen LogP contribution in [-0.4, -0.2) is 29.8 Å². The number of ether oxygens (including phenoxy) is 1. The zero-order valence-corrected chi connectivity index (χ0v) is 20.0. The SMILES string of the molecule is CC.COc1ccccc1-c1ccc(/C=C2\C(=O)N(c3cccc(C(=O)O)c3)N=C2c2ccoc2)o1. The molecule has 0 bridgehead atoms. The van der Waals surface area contributed by atoms with Gasteiger partial charge in [-0.15, -0.1) is 0 Å². The van der Waals surface area contributed by atoms with Crippen LogP contribution >= 0.6 is 0 Å². The lowest BCUT2D eigenvalue weighted by Gasteiger charge is -2.12. The number of rotatable bonds is 6. The van der Waals surface area contributed by atoms with Crippen LogP contribution in [0.5, 0.6) is 5.75 Å². The van der Waals surface area contributed by atoms with E-state index in [9.17, 15) is 14.7 Å². The zero-order valence-electron chi connectivity index (χ0n) is 20.0. The van der Waals surface area contributed by atoms with Gasteiger partial charge < -0.3 is 18.7 Å². The highest BCUT2D eigenvalue weighted by molar-refractivity contribution is 6.37. The summed E-state index contributed by atoms with van der Waals surface area (Å²) in [5, 5.41) is 15.0. The predicted octanol–water partition coefficient (Wildman–Crippen LogP) is 6.11. The Labute approximate surface area is 207 Å². The molecule has 0 aliphatic carbocycles. The van der Waals surface area contributed by atoms with E-state index >= 15 is 0 Å². The van der Waals surface area contributed by atoms with E-state index in [0.717, 1.165) is 5.56 Å². The van der Waals surface area contributed by atoms with Gasteiger partial charge in [0.15, 0.2) is 0 Å². The van der Waals surface area contributed by atoms with Gasteiger partial charge >= 0.3 is 5.97 Å². The number of carboxylic acids is 1. The first-order valence-corrected chi connectivity index (χ1v) is 11.3. The molecule has 3 heterocycles. The Morgan fingerprint density at radius 1 is 1.06 bits per heavy atom. The van der Waals surface area contributed by atoms with Crippen LogP contribution in [0.25, 0.3) is 17.4 Å².